The standard InChI is InChI=1S/C22H27ClN4O4S/c1-26(15-17-7-9-18(10-8-17)22-24-11-12-25-22)21(28)16-31-14-13-27(2)32(29,30)20-6-4-3-5-19(20)23/h3-10H,11-16H2,1-2H3,(H,24,25). The molecule has 0 saturated carbocycles. The predicted molar refractivity (Wildman–Crippen MR) is 124 cm³/mol. The molecule has 1 amide bonds. The average Bonchev–Trinajstić information content (AvgIpc) is 3.32. The number of amidine groups is 1. The number of ether oxygens (including phenoxy) is 1. The molecule has 1 heterocycles. The second-order valence-electron chi connectivity index (χ2n) is 7.41. The van der Waals surface area contributed by atoms with Gasteiger partial charge in [0.05, 0.1) is 18.2 Å². The van der Waals surface area contributed by atoms with Crippen LogP contribution in [0.4, 0.5) is 0 Å². The van der Waals surface area contributed by atoms with Crippen molar-refractivity contribution < 1.29 is 17.9 Å². The van der Waals surface area contributed by atoms with Crippen LogP contribution in [-0.4, -0.2) is 76.3 Å². The van der Waals surface area contributed by atoms with Gasteiger partial charge < -0.3 is 15.0 Å². The second kappa shape index (κ2) is 10.9. The molecule has 0 fully saturated rings. The Hall–Kier alpha value is -2.46. The first-order valence-electron chi connectivity index (χ1n) is 10.2. The van der Waals surface area contributed by atoms with Crippen LogP contribution in [0.15, 0.2) is 58.4 Å². The lowest BCUT2D eigenvalue weighted by atomic mass is 10.1. The molecule has 172 valence electrons. The lowest BCUT2D eigenvalue weighted by Gasteiger charge is -2.19. The maximum Gasteiger partial charge on any atom is 0.248 e. The normalized spacial score (nSPS) is 13.7. The SMILES string of the molecule is CN(Cc1ccc(C2=NCCN2)cc1)C(=O)COCCN(C)S(=O)(=O)c1ccccc1Cl. The third-order valence-electron chi connectivity index (χ3n) is 5.05. The molecule has 0 spiro atoms. The summed E-state index contributed by atoms with van der Waals surface area (Å²) in [4.78, 5) is 18.4. The van der Waals surface area contributed by atoms with E-state index in [9.17, 15) is 13.2 Å². The van der Waals surface area contributed by atoms with Gasteiger partial charge in [-0.2, -0.15) is 4.31 Å². The van der Waals surface area contributed by atoms with Crippen molar-refractivity contribution in [2.45, 2.75) is 11.4 Å². The van der Waals surface area contributed by atoms with E-state index in [1.807, 2.05) is 24.3 Å². The Bertz CT molecular complexity index is 1070. The Morgan fingerprint density at radius 3 is 2.53 bits per heavy atom. The zero-order chi connectivity index (χ0) is 23.1. The number of amides is 1. The summed E-state index contributed by atoms with van der Waals surface area (Å²) in [5.74, 6) is 0.712. The molecular weight excluding hydrogens is 452 g/mol. The number of benzene rings is 2. The fourth-order valence-corrected chi connectivity index (χ4v) is 4.77. The molecule has 2 aromatic rings. The first kappa shape index (κ1) is 24.2. The Morgan fingerprint density at radius 2 is 1.88 bits per heavy atom. The quantitative estimate of drug-likeness (QED) is 0.527. The summed E-state index contributed by atoms with van der Waals surface area (Å²) in [5, 5.41) is 3.39. The maximum atomic E-state index is 12.6. The van der Waals surface area contributed by atoms with Crippen LogP contribution < -0.4 is 5.32 Å². The van der Waals surface area contributed by atoms with Gasteiger partial charge in [0, 0.05) is 39.3 Å². The van der Waals surface area contributed by atoms with Crippen LogP contribution in [0, 0.1) is 0 Å². The summed E-state index contributed by atoms with van der Waals surface area (Å²) in [6, 6.07) is 14.2. The number of rotatable bonds is 10. The molecule has 0 aliphatic carbocycles. The number of halogens is 1. The molecule has 1 N–H and O–H groups in total. The Labute approximate surface area is 193 Å². The molecule has 8 nitrogen and oxygen atoms in total. The van der Waals surface area contributed by atoms with Crippen LogP contribution >= 0.6 is 11.6 Å². The molecule has 0 saturated heterocycles. The zero-order valence-electron chi connectivity index (χ0n) is 18.1. The largest absolute Gasteiger partial charge is 0.370 e. The van der Waals surface area contributed by atoms with Gasteiger partial charge in [-0.25, -0.2) is 8.42 Å². The number of hydrogen-bond acceptors (Lipinski definition) is 6. The van der Waals surface area contributed by atoms with E-state index in [1.54, 1.807) is 24.1 Å². The van der Waals surface area contributed by atoms with Gasteiger partial charge in [0.2, 0.25) is 15.9 Å². The molecule has 2 aromatic carbocycles. The van der Waals surface area contributed by atoms with Crippen LogP contribution in [0.3, 0.4) is 0 Å². The molecule has 0 bridgehead atoms. The van der Waals surface area contributed by atoms with Gasteiger partial charge in [-0.3, -0.25) is 9.79 Å². The van der Waals surface area contributed by atoms with Gasteiger partial charge in [0.15, 0.2) is 0 Å². The van der Waals surface area contributed by atoms with E-state index in [0.29, 0.717) is 6.54 Å². The van der Waals surface area contributed by atoms with Crippen molar-refractivity contribution >= 4 is 33.4 Å². The van der Waals surface area contributed by atoms with Gasteiger partial charge in [-0.05, 0) is 17.7 Å². The van der Waals surface area contributed by atoms with Crippen LogP contribution in [0.1, 0.15) is 11.1 Å². The van der Waals surface area contributed by atoms with E-state index in [2.05, 4.69) is 10.3 Å². The smallest absolute Gasteiger partial charge is 0.248 e. The summed E-state index contributed by atoms with van der Waals surface area (Å²) >= 11 is 6.00. The summed E-state index contributed by atoms with van der Waals surface area (Å²) in [6.45, 7) is 2.15. The van der Waals surface area contributed by atoms with E-state index in [1.165, 1.54) is 19.2 Å². The van der Waals surface area contributed by atoms with Gasteiger partial charge >= 0.3 is 0 Å². The summed E-state index contributed by atoms with van der Waals surface area (Å²) in [7, 11) is -0.569. The fourth-order valence-electron chi connectivity index (χ4n) is 3.13. The van der Waals surface area contributed by atoms with E-state index in [0.717, 1.165) is 34.4 Å². The van der Waals surface area contributed by atoms with Gasteiger partial charge in [0.25, 0.3) is 0 Å². The topological polar surface area (TPSA) is 91.3 Å². The highest BCUT2D eigenvalue weighted by Crippen LogP contribution is 2.23. The van der Waals surface area contributed by atoms with Gasteiger partial charge in [0.1, 0.15) is 17.3 Å². The highest BCUT2D eigenvalue weighted by Gasteiger charge is 2.23. The van der Waals surface area contributed by atoms with Crippen LogP contribution in [0.2, 0.25) is 5.02 Å². The van der Waals surface area contributed by atoms with Crippen LogP contribution in [0.5, 0.6) is 0 Å². The van der Waals surface area contributed by atoms with Gasteiger partial charge in [-0.15, -0.1) is 0 Å². The highest BCUT2D eigenvalue weighted by molar-refractivity contribution is 7.89. The highest BCUT2D eigenvalue weighted by atomic mass is 35.5. The average molecular weight is 479 g/mol. The minimum atomic E-state index is -3.72. The first-order chi connectivity index (χ1) is 15.3. The third-order valence-corrected chi connectivity index (χ3v) is 7.40. The fraction of sp³-hybridized carbons (Fsp3) is 0.364. The number of nitrogens with one attached hydrogen (secondary N) is 1. The van der Waals surface area contributed by atoms with Crippen molar-refractivity contribution in [3.05, 3.63) is 64.7 Å². The zero-order valence-corrected chi connectivity index (χ0v) is 19.7. The van der Waals surface area contributed by atoms with Crippen molar-refractivity contribution in [3.63, 3.8) is 0 Å². The van der Waals surface area contributed by atoms with E-state index >= 15 is 0 Å². The Kier molecular flexibility index (Phi) is 8.25. The molecule has 1 aliphatic heterocycles. The predicted octanol–water partition coefficient (Wildman–Crippen LogP) is 1.99. The molecule has 3 rings (SSSR count). The molecule has 1 aliphatic rings. The Morgan fingerprint density at radius 1 is 1.16 bits per heavy atom. The van der Waals surface area contributed by atoms with Crippen molar-refractivity contribution in [1.29, 1.82) is 0 Å². The summed E-state index contributed by atoms with van der Waals surface area (Å²) in [5.41, 5.74) is 2.02. The first-order valence-corrected chi connectivity index (χ1v) is 12.0. The van der Waals surface area contributed by atoms with Crippen LogP contribution in [-0.2, 0) is 26.1 Å². The summed E-state index contributed by atoms with van der Waals surface area (Å²) in [6.07, 6.45) is 0. The minimum Gasteiger partial charge on any atom is -0.370 e. The number of carbonyl (C=O) groups is 1. The molecule has 0 atom stereocenters. The molecule has 10 heteroatoms. The van der Waals surface area contributed by atoms with Crippen molar-refractivity contribution in [3.8, 4) is 0 Å². The summed E-state index contributed by atoms with van der Waals surface area (Å²) < 4.78 is 31.8. The van der Waals surface area contributed by atoms with E-state index in [-0.39, 0.29) is 35.6 Å². The number of hydrogen-bond donors (Lipinski definition) is 1. The number of carbonyl (C=O) groups excluding carboxylic acids is 1. The second-order valence-corrected chi connectivity index (χ2v) is 9.83. The van der Waals surface area contributed by atoms with Crippen LogP contribution in [0.25, 0.3) is 0 Å². The monoisotopic (exact) mass is 478 g/mol. The lowest BCUT2D eigenvalue weighted by Crippen LogP contribution is -2.33. The van der Waals surface area contributed by atoms with Gasteiger partial charge in [-0.1, -0.05) is 48.0 Å². The number of sulfonamides is 1. The van der Waals surface area contributed by atoms with E-state index < -0.39 is 10.0 Å². The van der Waals surface area contributed by atoms with Crippen molar-refractivity contribution in [2.75, 3.05) is 46.9 Å². The molecule has 0 radical (unpaired) electrons. The minimum absolute atomic E-state index is 0.0433. The third kappa shape index (κ3) is 6.07. The number of likely N-dealkylation sites (N-methyl/N-ethyl adjacent to an activating group) is 2. The molecular formula is C22H27ClN4O4S. The number of nitrogens with zero attached hydrogens (tertiary/aromatic N) is 3. The van der Waals surface area contributed by atoms with Crippen molar-refractivity contribution in [2.24, 2.45) is 4.99 Å². The maximum absolute atomic E-state index is 12.6. The lowest BCUT2D eigenvalue weighted by molar-refractivity contribution is -0.135. The molecule has 0 aromatic heterocycles. The molecule has 0 unspecified atom stereocenters. The number of aliphatic imine (C=N–C) groups is 1. The van der Waals surface area contributed by atoms with Crippen molar-refractivity contribution in [1.82, 2.24) is 14.5 Å². The molecule has 32 heavy (non-hydrogen) atoms. The Balaban J connectivity index is 1.43. The van der Waals surface area contributed by atoms with E-state index in [4.69, 9.17) is 16.3 Å².